The highest BCUT2D eigenvalue weighted by Crippen LogP contribution is 2.20. The van der Waals surface area contributed by atoms with Crippen LogP contribution in [0.2, 0.25) is 0 Å². The number of amides is 1. The van der Waals surface area contributed by atoms with Gasteiger partial charge in [0.15, 0.2) is 0 Å². The van der Waals surface area contributed by atoms with Gasteiger partial charge in [-0.25, -0.2) is 4.79 Å². The Morgan fingerprint density at radius 2 is 2.22 bits per heavy atom. The number of hydrogen-bond acceptors (Lipinski definition) is 3. The van der Waals surface area contributed by atoms with Crippen LogP contribution < -0.4 is 0 Å². The minimum Gasteiger partial charge on any atom is -0.444 e. The lowest BCUT2D eigenvalue weighted by Crippen LogP contribution is -2.52. The van der Waals surface area contributed by atoms with Crippen molar-refractivity contribution in [2.75, 3.05) is 13.1 Å². The third-order valence-corrected chi connectivity index (χ3v) is 3.21. The van der Waals surface area contributed by atoms with E-state index in [1.165, 1.54) is 0 Å². The summed E-state index contributed by atoms with van der Waals surface area (Å²) in [6.45, 7) is 8.02. The van der Waals surface area contributed by atoms with Crippen molar-refractivity contribution in [3.63, 3.8) is 0 Å². The summed E-state index contributed by atoms with van der Waals surface area (Å²) >= 11 is 2.24. The summed E-state index contributed by atoms with van der Waals surface area (Å²) in [5.74, 6) is 0.480. The highest BCUT2D eigenvalue weighted by molar-refractivity contribution is 14.1. The van der Waals surface area contributed by atoms with Gasteiger partial charge in [0.1, 0.15) is 5.60 Å². The Morgan fingerprint density at radius 1 is 1.56 bits per heavy atom. The fourth-order valence-corrected chi connectivity index (χ4v) is 2.31. The van der Waals surface area contributed by atoms with Crippen LogP contribution in [-0.2, 0) is 11.3 Å². The second-order valence-corrected chi connectivity index (χ2v) is 6.88. The maximum Gasteiger partial charge on any atom is 0.410 e. The number of hydrogen-bond donors (Lipinski definition) is 0. The second-order valence-electron chi connectivity index (χ2n) is 5.63. The van der Waals surface area contributed by atoms with Crippen LogP contribution in [0.3, 0.4) is 0 Å². The number of carbonyl (C=O) groups is 1. The smallest absolute Gasteiger partial charge is 0.410 e. The zero-order valence-electron chi connectivity index (χ0n) is 10.9. The molecular formula is C12H18IN3O2. The van der Waals surface area contributed by atoms with Crippen molar-refractivity contribution in [1.82, 2.24) is 14.7 Å². The first-order chi connectivity index (χ1) is 8.33. The molecule has 0 aliphatic carbocycles. The largest absolute Gasteiger partial charge is 0.444 e. The molecule has 1 saturated heterocycles. The van der Waals surface area contributed by atoms with Gasteiger partial charge in [0, 0.05) is 31.7 Å². The molecule has 1 aromatic rings. The van der Waals surface area contributed by atoms with Gasteiger partial charge in [0.05, 0.1) is 9.77 Å². The SMILES string of the molecule is CC(C)(C)OC(=O)N1CC(Cn2cc(I)cn2)C1. The van der Waals surface area contributed by atoms with Crippen molar-refractivity contribution in [3.8, 4) is 0 Å². The third kappa shape index (κ3) is 3.60. The molecule has 2 heterocycles. The van der Waals surface area contributed by atoms with Gasteiger partial charge in [-0.15, -0.1) is 0 Å². The zero-order chi connectivity index (χ0) is 13.3. The van der Waals surface area contributed by atoms with Gasteiger partial charge in [-0.05, 0) is 43.4 Å². The predicted molar refractivity (Wildman–Crippen MR) is 76.2 cm³/mol. The highest BCUT2D eigenvalue weighted by Gasteiger charge is 2.33. The molecule has 0 saturated carbocycles. The minimum absolute atomic E-state index is 0.214. The van der Waals surface area contributed by atoms with E-state index in [0.29, 0.717) is 5.92 Å². The zero-order valence-corrected chi connectivity index (χ0v) is 13.0. The van der Waals surface area contributed by atoms with E-state index in [9.17, 15) is 4.79 Å². The van der Waals surface area contributed by atoms with Gasteiger partial charge in [0.25, 0.3) is 0 Å². The molecule has 0 spiro atoms. The van der Waals surface area contributed by atoms with Crippen LogP contribution in [0.15, 0.2) is 12.4 Å². The lowest BCUT2D eigenvalue weighted by Gasteiger charge is -2.39. The molecule has 1 aliphatic heterocycles. The first kappa shape index (κ1) is 13.6. The van der Waals surface area contributed by atoms with Crippen LogP contribution in [-0.4, -0.2) is 39.5 Å². The Hall–Kier alpha value is -0.790. The molecule has 1 aromatic heterocycles. The predicted octanol–water partition coefficient (Wildman–Crippen LogP) is 2.35. The molecule has 0 N–H and O–H groups in total. The van der Waals surface area contributed by atoms with Crippen LogP contribution in [0.1, 0.15) is 20.8 Å². The summed E-state index contributed by atoms with van der Waals surface area (Å²) in [6, 6.07) is 0. The molecule has 1 fully saturated rings. The molecule has 1 aliphatic rings. The number of aromatic nitrogens is 2. The highest BCUT2D eigenvalue weighted by atomic mass is 127. The Kier molecular flexibility index (Phi) is 3.84. The van der Waals surface area contributed by atoms with Gasteiger partial charge in [-0.2, -0.15) is 5.10 Å². The minimum atomic E-state index is -0.416. The molecule has 0 bridgehead atoms. The first-order valence-electron chi connectivity index (χ1n) is 5.99. The van der Waals surface area contributed by atoms with Crippen LogP contribution in [0, 0.1) is 9.49 Å². The molecule has 1 amide bonds. The summed E-state index contributed by atoms with van der Waals surface area (Å²) in [4.78, 5) is 13.5. The third-order valence-electron chi connectivity index (χ3n) is 2.66. The average Bonchev–Trinajstić information content (AvgIpc) is 2.53. The maximum absolute atomic E-state index is 11.7. The molecule has 0 radical (unpaired) electrons. The fraction of sp³-hybridized carbons (Fsp3) is 0.667. The molecular weight excluding hydrogens is 345 g/mol. The van der Waals surface area contributed by atoms with E-state index >= 15 is 0 Å². The summed E-state index contributed by atoms with van der Waals surface area (Å²) in [5, 5.41) is 4.24. The van der Waals surface area contributed by atoms with Crippen LogP contribution in [0.4, 0.5) is 4.79 Å². The van der Waals surface area contributed by atoms with Crippen molar-refractivity contribution in [2.45, 2.75) is 32.9 Å². The molecule has 100 valence electrons. The van der Waals surface area contributed by atoms with Gasteiger partial charge in [-0.1, -0.05) is 0 Å². The number of likely N-dealkylation sites (tertiary alicyclic amines) is 1. The molecule has 2 rings (SSSR count). The summed E-state index contributed by atoms with van der Waals surface area (Å²) in [5.41, 5.74) is -0.416. The van der Waals surface area contributed by atoms with E-state index in [0.717, 1.165) is 23.2 Å². The van der Waals surface area contributed by atoms with Crippen LogP contribution in [0.25, 0.3) is 0 Å². The Labute approximate surface area is 121 Å². The van der Waals surface area contributed by atoms with E-state index in [1.54, 1.807) is 4.90 Å². The molecule has 18 heavy (non-hydrogen) atoms. The number of carbonyl (C=O) groups excluding carboxylic acids is 1. The average molecular weight is 363 g/mol. The second kappa shape index (κ2) is 5.07. The van der Waals surface area contributed by atoms with Crippen molar-refractivity contribution in [1.29, 1.82) is 0 Å². The lowest BCUT2D eigenvalue weighted by molar-refractivity contribution is -0.00383. The van der Waals surface area contributed by atoms with E-state index in [4.69, 9.17) is 4.74 Å². The van der Waals surface area contributed by atoms with Crippen LogP contribution in [0.5, 0.6) is 0 Å². The summed E-state index contributed by atoms with van der Waals surface area (Å²) in [7, 11) is 0. The van der Waals surface area contributed by atoms with Gasteiger partial charge in [0.2, 0.25) is 0 Å². The van der Waals surface area contributed by atoms with Crippen molar-refractivity contribution >= 4 is 28.7 Å². The molecule has 5 nitrogen and oxygen atoms in total. The number of rotatable bonds is 2. The standard InChI is InChI=1S/C12H18IN3O2/c1-12(2,3)18-11(17)15-5-9(6-15)7-16-8-10(13)4-14-16/h4,8-9H,5-7H2,1-3H3. The first-order valence-corrected chi connectivity index (χ1v) is 7.07. The number of halogens is 1. The van der Waals surface area contributed by atoms with E-state index < -0.39 is 5.60 Å². The van der Waals surface area contributed by atoms with Gasteiger partial charge >= 0.3 is 6.09 Å². The van der Waals surface area contributed by atoms with Crippen LogP contribution >= 0.6 is 22.6 Å². The van der Waals surface area contributed by atoms with Crippen molar-refractivity contribution in [3.05, 3.63) is 16.0 Å². The number of ether oxygens (including phenoxy) is 1. The topological polar surface area (TPSA) is 47.4 Å². The Balaban J connectivity index is 1.75. The van der Waals surface area contributed by atoms with E-state index in [2.05, 4.69) is 27.7 Å². The Bertz CT molecular complexity index is 433. The normalized spacial score (nSPS) is 16.6. The molecule has 0 atom stereocenters. The van der Waals surface area contributed by atoms with Gasteiger partial charge < -0.3 is 9.64 Å². The van der Waals surface area contributed by atoms with E-state index in [1.807, 2.05) is 37.8 Å². The quantitative estimate of drug-likeness (QED) is 0.758. The Morgan fingerprint density at radius 3 is 2.72 bits per heavy atom. The fourth-order valence-electron chi connectivity index (χ4n) is 1.86. The molecule has 0 unspecified atom stereocenters. The monoisotopic (exact) mass is 363 g/mol. The maximum atomic E-state index is 11.7. The van der Waals surface area contributed by atoms with Crippen molar-refractivity contribution in [2.24, 2.45) is 5.92 Å². The van der Waals surface area contributed by atoms with Gasteiger partial charge in [-0.3, -0.25) is 4.68 Å². The van der Waals surface area contributed by atoms with E-state index in [-0.39, 0.29) is 6.09 Å². The lowest BCUT2D eigenvalue weighted by atomic mass is 10.0. The summed E-state index contributed by atoms with van der Waals surface area (Å²) < 4.78 is 8.37. The number of nitrogens with zero attached hydrogens (tertiary/aromatic N) is 3. The summed E-state index contributed by atoms with van der Waals surface area (Å²) in [6.07, 6.45) is 3.63. The molecule has 0 aromatic carbocycles. The van der Waals surface area contributed by atoms with Crippen molar-refractivity contribution < 1.29 is 9.53 Å². The molecule has 6 heteroatoms.